The van der Waals surface area contributed by atoms with Gasteiger partial charge in [0, 0.05) is 62.3 Å². The molecule has 0 amide bonds. The molecule has 0 bridgehead atoms. The minimum atomic E-state index is -0.136. The third kappa shape index (κ3) is 6.87. The van der Waals surface area contributed by atoms with Gasteiger partial charge >= 0.3 is 0 Å². The summed E-state index contributed by atoms with van der Waals surface area (Å²) in [6.07, 6.45) is 4.29. The van der Waals surface area contributed by atoms with Gasteiger partial charge in [-0.3, -0.25) is 0 Å². The zero-order valence-corrected chi connectivity index (χ0v) is 42.4. The number of para-hydroxylation sites is 2. The van der Waals surface area contributed by atoms with Crippen LogP contribution in [0.25, 0.3) is 49.6 Å². The van der Waals surface area contributed by atoms with Gasteiger partial charge in [-0.05, 0) is 145 Å². The number of fused-ring (bicyclic) bond motifs is 10. The Kier molecular flexibility index (Phi) is 9.50. The van der Waals surface area contributed by atoms with Crippen molar-refractivity contribution in [2.24, 2.45) is 0 Å². The molecule has 0 fully saturated rings. The van der Waals surface area contributed by atoms with Gasteiger partial charge in [-0.1, -0.05) is 165 Å². The van der Waals surface area contributed by atoms with E-state index >= 15 is 0 Å². The number of hydrogen-bond donors (Lipinski definition) is 0. The summed E-state index contributed by atoms with van der Waals surface area (Å²) in [6, 6.07) is 61.5. The number of rotatable bonds is 4. The summed E-state index contributed by atoms with van der Waals surface area (Å²) in [5.41, 5.74) is 23.7. The molecular weight excluding hydrogens is 864 g/mol. The lowest BCUT2D eigenvalue weighted by molar-refractivity contribution is 0.545. The summed E-state index contributed by atoms with van der Waals surface area (Å²) in [5, 5.41) is 3.48. The Labute approximate surface area is 418 Å². The van der Waals surface area contributed by atoms with Gasteiger partial charge in [-0.15, -0.1) is 0 Å². The fourth-order valence-electron chi connectivity index (χ4n) is 11.8. The highest BCUT2D eigenvalue weighted by Gasteiger charge is 2.45. The molecule has 10 aromatic rings. The Morgan fingerprint density at radius 2 is 0.972 bits per heavy atom. The van der Waals surface area contributed by atoms with Gasteiger partial charge in [0.15, 0.2) is 0 Å². The molecule has 4 nitrogen and oxygen atoms in total. The second kappa shape index (κ2) is 15.5. The number of anilines is 6. The van der Waals surface area contributed by atoms with Crippen LogP contribution < -0.4 is 26.2 Å². The molecular formula is C66H59BN2O2. The molecule has 13 rings (SSSR count). The van der Waals surface area contributed by atoms with Crippen LogP contribution in [0.5, 0.6) is 0 Å². The smallest absolute Gasteiger partial charge is 0.252 e. The normalized spacial score (nSPS) is 14.4. The minimum Gasteiger partial charge on any atom is -0.460 e. The SMILES string of the molecule is CC(C)(C)c1ccc2c(c1)B1c3cc(C(C)(C)C)ccc3N(c3ccc(-c4cccc5oc6ccccc6c45)cc3)c3cc(C(C)(C)C)cc(c31)N2c1ccc(C2=CCCc3oc4ccccc4c32)cc1. The van der Waals surface area contributed by atoms with Crippen LogP contribution >= 0.6 is 0 Å². The van der Waals surface area contributed by atoms with E-state index in [0.717, 1.165) is 63.1 Å². The van der Waals surface area contributed by atoms with Crippen LogP contribution in [-0.4, -0.2) is 6.71 Å². The van der Waals surface area contributed by atoms with Gasteiger partial charge in [-0.25, -0.2) is 0 Å². The van der Waals surface area contributed by atoms with Crippen LogP contribution in [0.3, 0.4) is 0 Å². The molecule has 71 heavy (non-hydrogen) atoms. The lowest BCUT2D eigenvalue weighted by Gasteiger charge is -2.45. The first-order valence-electron chi connectivity index (χ1n) is 25.5. The van der Waals surface area contributed by atoms with Crippen molar-refractivity contribution in [2.75, 3.05) is 9.80 Å². The quantitative estimate of drug-likeness (QED) is 0.165. The molecule has 0 saturated carbocycles. The summed E-state index contributed by atoms with van der Waals surface area (Å²) in [6.45, 7) is 21.1. The molecule has 4 heterocycles. The van der Waals surface area contributed by atoms with E-state index in [1.165, 1.54) is 83.5 Å². The Bertz CT molecular complexity index is 3830. The van der Waals surface area contributed by atoms with E-state index in [2.05, 4.69) is 236 Å². The molecule has 3 aliphatic rings. The molecule has 348 valence electrons. The average Bonchev–Trinajstić information content (AvgIpc) is 3.94. The number of hydrogen-bond acceptors (Lipinski definition) is 4. The van der Waals surface area contributed by atoms with Gasteiger partial charge in [0.2, 0.25) is 0 Å². The Morgan fingerprint density at radius 1 is 0.451 bits per heavy atom. The maximum Gasteiger partial charge on any atom is 0.252 e. The molecule has 0 unspecified atom stereocenters. The van der Waals surface area contributed by atoms with Crippen LogP contribution in [0, 0.1) is 0 Å². The van der Waals surface area contributed by atoms with Gasteiger partial charge in [-0.2, -0.15) is 0 Å². The van der Waals surface area contributed by atoms with Crippen molar-refractivity contribution >= 4 is 95.7 Å². The van der Waals surface area contributed by atoms with Gasteiger partial charge in [0.25, 0.3) is 6.71 Å². The first kappa shape index (κ1) is 43.5. The van der Waals surface area contributed by atoms with E-state index in [0.29, 0.717) is 0 Å². The van der Waals surface area contributed by atoms with E-state index in [9.17, 15) is 0 Å². The van der Waals surface area contributed by atoms with Crippen molar-refractivity contribution in [3.8, 4) is 11.1 Å². The predicted molar refractivity (Wildman–Crippen MR) is 301 cm³/mol. The molecule has 2 aromatic heterocycles. The summed E-state index contributed by atoms with van der Waals surface area (Å²) in [5.74, 6) is 1.09. The maximum absolute atomic E-state index is 6.44. The number of allylic oxidation sites excluding steroid dienone is 1. The van der Waals surface area contributed by atoms with Gasteiger partial charge in [0.05, 0.1) is 0 Å². The van der Waals surface area contributed by atoms with E-state index in [1.54, 1.807) is 0 Å². The Hall–Kier alpha value is -7.50. The molecule has 2 aliphatic heterocycles. The topological polar surface area (TPSA) is 32.8 Å². The van der Waals surface area contributed by atoms with Crippen LogP contribution in [0.15, 0.2) is 179 Å². The second-order valence-corrected chi connectivity index (χ2v) is 23.3. The van der Waals surface area contributed by atoms with Crippen molar-refractivity contribution in [2.45, 2.75) is 91.4 Å². The molecule has 0 N–H and O–H groups in total. The first-order chi connectivity index (χ1) is 34.1. The summed E-state index contributed by atoms with van der Waals surface area (Å²) >= 11 is 0. The van der Waals surface area contributed by atoms with Crippen molar-refractivity contribution in [3.05, 3.63) is 203 Å². The van der Waals surface area contributed by atoms with E-state index < -0.39 is 0 Å². The average molecular weight is 923 g/mol. The maximum atomic E-state index is 6.44. The highest BCUT2D eigenvalue weighted by molar-refractivity contribution is 7.00. The zero-order chi connectivity index (χ0) is 48.7. The summed E-state index contributed by atoms with van der Waals surface area (Å²) in [4.78, 5) is 5.13. The van der Waals surface area contributed by atoms with Crippen molar-refractivity contribution < 1.29 is 8.83 Å². The molecule has 0 atom stereocenters. The second-order valence-electron chi connectivity index (χ2n) is 23.3. The molecule has 0 radical (unpaired) electrons. The number of furan rings is 2. The van der Waals surface area contributed by atoms with Crippen molar-refractivity contribution in [3.63, 3.8) is 0 Å². The van der Waals surface area contributed by atoms with Gasteiger partial charge < -0.3 is 18.6 Å². The monoisotopic (exact) mass is 922 g/mol. The van der Waals surface area contributed by atoms with Gasteiger partial charge in [0.1, 0.15) is 22.5 Å². The largest absolute Gasteiger partial charge is 0.460 e. The Morgan fingerprint density at radius 3 is 1.55 bits per heavy atom. The lowest BCUT2D eigenvalue weighted by Crippen LogP contribution is -2.61. The standard InChI is InChI=1S/C66H59BN2O2/c1-64(2,3)42-28-34-53-51(36-42)67-52-37-43(65(4,5)6)29-35-54(52)69(46-32-26-41(27-33-46)48-19-15-23-60-62(48)50-17-11-13-21-58(50)71-60)56-39-44(66(7,8)9)38-55(63(56)67)68(53)45-30-24-40(25-31-45)47-18-14-22-59-61(47)49-16-10-12-20-57(49)70-59/h10-14,16-22,24-39H,15,23H2,1-9H3. The molecule has 5 heteroatoms. The van der Waals surface area contributed by atoms with Crippen LogP contribution in [0.4, 0.5) is 34.1 Å². The van der Waals surface area contributed by atoms with Crippen LogP contribution in [-0.2, 0) is 22.7 Å². The minimum absolute atomic E-state index is 0.00169. The van der Waals surface area contributed by atoms with E-state index in [-0.39, 0.29) is 23.0 Å². The first-order valence-corrected chi connectivity index (χ1v) is 25.5. The fraction of sp³-hybridized carbons (Fsp3) is 0.212. The third-order valence-corrected chi connectivity index (χ3v) is 15.6. The number of benzene rings is 8. The molecule has 0 saturated heterocycles. The van der Waals surface area contributed by atoms with Crippen molar-refractivity contribution in [1.29, 1.82) is 0 Å². The Balaban J connectivity index is 1.03. The van der Waals surface area contributed by atoms with Crippen LogP contribution in [0.1, 0.15) is 102 Å². The molecule has 8 aromatic carbocycles. The van der Waals surface area contributed by atoms with Crippen molar-refractivity contribution in [1.82, 2.24) is 0 Å². The lowest BCUT2D eigenvalue weighted by atomic mass is 9.33. The third-order valence-electron chi connectivity index (χ3n) is 15.6. The predicted octanol–water partition coefficient (Wildman–Crippen LogP) is 16.4. The number of aryl methyl sites for hydroxylation is 1. The number of nitrogens with zero attached hydrogens (tertiary/aromatic N) is 2. The highest BCUT2D eigenvalue weighted by Crippen LogP contribution is 2.48. The zero-order valence-electron chi connectivity index (χ0n) is 42.4. The molecule has 1 aliphatic carbocycles. The summed E-state index contributed by atoms with van der Waals surface area (Å²) < 4.78 is 12.8. The van der Waals surface area contributed by atoms with E-state index in [1.807, 2.05) is 6.07 Å². The molecule has 0 spiro atoms. The van der Waals surface area contributed by atoms with Crippen LogP contribution in [0.2, 0.25) is 0 Å². The fourth-order valence-corrected chi connectivity index (χ4v) is 11.8. The van der Waals surface area contributed by atoms with E-state index in [4.69, 9.17) is 8.83 Å². The highest BCUT2D eigenvalue weighted by atomic mass is 16.3. The summed E-state index contributed by atoms with van der Waals surface area (Å²) in [7, 11) is 0.